The van der Waals surface area contributed by atoms with Gasteiger partial charge in [0.25, 0.3) is 5.91 Å². The Balaban J connectivity index is 1.59. The molecule has 1 amide bonds. The summed E-state index contributed by atoms with van der Waals surface area (Å²) < 4.78 is 11.4. The quantitative estimate of drug-likeness (QED) is 0.618. The summed E-state index contributed by atoms with van der Waals surface area (Å²) in [5.41, 5.74) is 1.10. The van der Waals surface area contributed by atoms with Crippen LogP contribution in [0.1, 0.15) is 34.5 Å². The number of fused-ring (bicyclic) bond motifs is 1. The number of aliphatic hydroxyl groups is 1. The molecule has 7 heteroatoms. The largest absolute Gasteiger partial charge is 0.493 e. The summed E-state index contributed by atoms with van der Waals surface area (Å²) in [7, 11) is 0. The van der Waals surface area contributed by atoms with Crippen molar-refractivity contribution in [2.75, 3.05) is 6.61 Å². The Morgan fingerprint density at radius 1 is 1.37 bits per heavy atom. The minimum atomic E-state index is -0.501. The molecule has 0 spiro atoms. The summed E-state index contributed by atoms with van der Waals surface area (Å²) in [6.07, 6.45) is 3.04. The van der Waals surface area contributed by atoms with Crippen LogP contribution in [0.25, 0.3) is 11.0 Å². The Labute approximate surface area is 155 Å². The molecule has 0 unspecified atom stereocenters. The zero-order chi connectivity index (χ0) is 19.0. The lowest BCUT2D eigenvalue weighted by Gasteiger charge is -2.14. The molecule has 0 atom stereocenters. The summed E-state index contributed by atoms with van der Waals surface area (Å²) in [6.45, 7) is 1.81. The molecule has 0 aliphatic heterocycles. The monoisotopic (exact) mass is 368 g/mol. The zero-order valence-corrected chi connectivity index (χ0v) is 14.9. The van der Waals surface area contributed by atoms with E-state index in [0.29, 0.717) is 33.6 Å². The van der Waals surface area contributed by atoms with Crippen LogP contribution in [0.4, 0.5) is 0 Å². The number of amides is 1. The number of aliphatic hydroxyl groups excluding tert-OH is 1. The molecule has 27 heavy (non-hydrogen) atoms. The number of pyridine rings is 1. The molecule has 1 aliphatic rings. The van der Waals surface area contributed by atoms with E-state index >= 15 is 0 Å². The lowest BCUT2D eigenvalue weighted by molar-refractivity contribution is 0.0906. The molecule has 1 aromatic carbocycles. The van der Waals surface area contributed by atoms with Gasteiger partial charge in [0.1, 0.15) is 23.7 Å². The fraction of sp³-hybridized carbons (Fsp3) is 0.300. The Hall–Kier alpha value is -3.06. The van der Waals surface area contributed by atoms with Gasteiger partial charge in [0.15, 0.2) is 0 Å². The van der Waals surface area contributed by atoms with Crippen LogP contribution in [0.3, 0.4) is 0 Å². The molecule has 1 aliphatic carbocycles. The van der Waals surface area contributed by atoms with Crippen LogP contribution in [0, 0.1) is 6.92 Å². The molecule has 2 heterocycles. The van der Waals surface area contributed by atoms with Gasteiger partial charge in [-0.05, 0) is 50.1 Å². The van der Waals surface area contributed by atoms with Crippen LogP contribution >= 0.6 is 0 Å². The van der Waals surface area contributed by atoms with E-state index in [-0.39, 0.29) is 25.0 Å². The van der Waals surface area contributed by atoms with E-state index in [9.17, 15) is 15.0 Å². The third-order valence-electron chi connectivity index (χ3n) is 4.86. The van der Waals surface area contributed by atoms with Crippen LogP contribution in [0.5, 0.6) is 11.6 Å². The molecule has 2 aromatic heterocycles. The molecule has 0 bridgehead atoms. The minimum absolute atomic E-state index is 0.0727. The van der Waals surface area contributed by atoms with Gasteiger partial charge in [-0.2, -0.15) is 0 Å². The third-order valence-corrected chi connectivity index (χ3v) is 4.86. The van der Waals surface area contributed by atoms with E-state index in [0.717, 1.165) is 12.8 Å². The van der Waals surface area contributed by atoms with Gasteiger partial charge in [-0.15, -0.1) is 0 Å². The van der Waals surface area contributed by atoms with Gasteiger partial charge in [0.2, 0.25) is 5.88 Å². The first-order valence-corrected chi connectivity index (χ1v) is 8.73. The van der Waals surface area contributed by atoms with Gasteiger partial charge in [0, 0.05) is 11.6 Å². The van der Waals surface area contributed by atoms with E-state index in [1.54, 1.807) is 37.3 Å². The molecule has 7 nitrogen and oxygen atoms in total. The number of hydrogen-bond donors (Lipinski definition) is 3. The van der Waals surface area contributed by atoms with Crippen molar-refractivity contribution < 1.29 is 24.2 Å². The molecule has 1 saturated carbocycles. The smallest absolute Gasteiger partial charge is 0.255 e. The predicted octanol–water partition coefficient (Wildman–Crippen LogP) is 2.68. The summed E-state index contributed by atoms with van der Waals surface area (Å²) in [5, 5.41) is 22.7. The average molecular weight is 368 g/mol. The highest BCUT2D eigenvalue weighted by atomic mass is 16.5. The molecule has 4 rings (SSSR count). The number of furan rings is 1. The van der Waals surface area contributed by atoms with E-state index in [4.69, 9.17) is 9.15 Å². The van der Waals surface area contributed by atoms with Crippen molar-refractivity contribution >= 4 is 16.9 Å². The number of ether oxygens (including phenoxy) is 1. The van der Waals surface area contributed by atoms with Gasteiger partial charge in [-0.25, -0.2) is 4.98 Å². The lowest BCUT2D eigenvalue weighted by atomic mass is 10.1. The summed E-state index contributed by atoms with van der Waals surface area (Å²) in [5.74, 6) is 0.721. The zero-order valence-electron chi connectivity index (χ0n) is 14.9. The van der Waals surface area contributed by atoms with Gasteiger partial charge >= 0.3 is 0 Å². The number of hydrogen-bond acceptors (Lipinski definition) is 6. The maximum Gasteiger partial charge on any atom is 0.255 e. The predicted molar refractivity (Wildman–Crippen MR) is 97.7 cm³/mol. The number of aromatic nitrogens is 1. The fourth-order valence-corrected chi connectivity index (χ4v) is 3.05. The van der Waals surface area contributed by atoms with Gasteiger partial charge in [-0.3, -0.25) is 4.79 Å². The molecule has 3 N–H and O–H groups in total. The number of nitrogens with one attached hydrogen (secondary N) is 1. The summed E-state index contributed by atoms with van der Waals surface area (Å²) in [4.78, 5) is 16.5. The Morgan fingerprint density at radius 3 is 2.89 bits per heavy atom. The van der Waals surface area contributed by atoms with Crippen molar-refractivity contribution in [3.05, 3.63) is 53.4 Å². The van der Waals surface area contributed by atoms with Crippen molar-refractivity contribution in [1.82, 2.24) is 10.3 Å². The first-order chi connectivity index (χ1) is 13.0. The standard InChI is InChI=1S/C20H20N2O5/c1-12-17(19(25)22-20(11-23)6-7-20)15-9-14(4-5-16(15)27-12)26-10-13-3-2-8-21-18(13)24/h2-5,8-9,23H,6-7,10-11H2,1H3,(H,21,24)(H,22,25). The van der Waals surface area contributed by atoms with Gasteiger partial charge in [0.05, 0.1) is 23.3 Å². The molecule has 140 valence electrons. The maximum absolute atomic E-state index is 12.7. The SMILES string of the molecule is Cc1oc2ccc(OCc3cccnc3O)cc2c1C(=O)NC1(CO)CC1. The number of aromatic hydroxyl groups is 1. The Morgan fingerprint density at radius 2 is 2.19 bits per heavy atom. The topological polar surface area (TPSA) is 105 Å². The van der Waals surface area contributed by atoms with Gasteiger partial charge in [-0.1, -0.05) is 0 Å². The van der Waals surface area contributed by atoms with Crippen molar-refractivity contribution in [2.45, 2.75) is 31.9 Å². The van der Waals surface area contributed by atoms with Crippen LogP contribution in [0.15, 0.2) is 40.9 Å². The summed E-state index contributed by atoms with van der Waals surface area (Å²) >= 11 is 0. The number of carbonyl (C=O) groups excluding carboxylic acids is 1. The number of aryl methyl sites for hydroxylation is 1. The number of carbonyl (C=O) groups is 1. The van der Waals surface area contributed by atoms with E-state index < -0.39 is 5.54 Å². The highest BCUT2D eigenvalue weighted by Gasteiger charge is 2.44. The van der Waals surface area contributed by atoms with E-state index in [2.05, 4.69) is 10.3 Å². The van der Waals surface area contributed by atoms with Crippen LogP contribution < -0.4 is 10.1 Å². The second kappa shape index (κ2) is 6.59. The van der Waals surface area contributed by atoms with Crippen LogP contribution in [-0.2, 0) is 6.61 Å². The lowest BCUT2D eigenvalue weighted by Crippen LogP contribution is -2.39. The molecule has 0 radical (unpaired) electrons. The highest BCUT2D eigenvalue weighted by Crippen LogP contribution is 2.36. The third kappa shape index (κ3) is 3.33. The average Bonchev–Trinajstić information content (AvgIpc) is 3.34. The van der Waals surface area contributed by atoms with Gasteiger partial charge < -0.3 is 24.7 Å². The van der Waals surface area contributed by atoms with E-state index in [1.807, 2.05) is 0 Å². The molecule has 3 aromatic rings. The van der Waals surface area contributed by atoms with Crippen molar-refractivity contribution in [3.8, 4) is 11.6 Å². The molecule has 0 saturated heterocycles. The highest BCUT2D eigenvalue weighted by molar-refractivity contribution is 6.07. The Kier molecular flexibility index (Phi) is 4.24. The number of nitrogens with zero attached hydrogens (tertiary/aromatic N) is 1. The second-order valence-electron chi connectivity index (χ2n) is 6.86. The molecular formula is C20H20N2O5. The first-order valence-electron chi connectivity index (χ1n) is 8.73. The summed E-state index contributed by atoms with van der Waals surface area (Å²) in [6, 6.07) is 8.68. The van der Waals surface area contributed by atoms with E-state index in [1.165, 1.54) is 6.20 Å². The maximum atomic E-state index is 12.7. The normalized spacial score (nSPS) is 14.9. The number of rotatable bonds is 6. The van der Waals surface area contributed by atoms with Crippen LogP contribution in [-0.4, -0.2) is 33.3 Å². The minimum Gasteiger partial charge on any atom is -0.493 e. The van der Waals surface area contributed by atoms with Crippen molar-refractivity contribution in [3.63, 3.8) is 0 Å². The first kappa shape index (κ1) is 17.4. The fourth-order valence-electron chi connectivity index (χ4n) is 3.05. The van der Waals surface area contributed by atoms with Crippen LogP contribution in [0.2, 0.25) is 0 Å². The van der Waals surface area contributed by atoms with Crippen molar-refractivity contribution in [1.29, 1.82) is 0 Å². The number of benzene rings is 1. The van der Waals surface area contributed by atoms with Crippen molar-refractivity contribution in [2.24, 2.45) is 0 Å². The molecule has 1 fully saturated rings. The second-order valence-corrected chi connectivity index (χ2v) is 6.86. The molecular weight excluding hydrogens is 348 g/mol. The Bertz CT molecular complexity index is 1010.